The summed E-state index contributed by atoms with van der Waals surface area (Å²) in [6.07, 6.45) is 0. The van der Waals surface area contributed by atoms with Crippen molar-refractivity contribution in [2.45, 2.75) is 0 Å². The lowest BCUT2D eigenvalue weighted by atomic mass is 10.5. The fourth-order valence-corrected chi connectivity index (χ4v) is 3.40. The number of fused-ring (bicyclic) bond motifs is 3. The molecular weight excluding hydrogens is 192 g/mol. The molecule has 0 saturated carbocycles. The quantitative estimate of drug-likeness (QED) is 0.648. The lowest BCUT2D eigenvalue weighted by Crippen LogP contribution is -2.13. The van der Waals surface area contributed by atoms with Gasteiger partial charge in [-0.15, -0.1) is 11.3 Å². The Hall–Kier alpha value is -0.740. The van der Waals surface area contributed by atoms with Gasteiger partial charge in [0, 0.05) is 0 Å². The van der Waals surface area contributed by atoms with Crippen LogP contribution in [-0.4, -0.2) is 13.2 Å². The van der Waals surface area contributed by atoms with E-state index in [1.807, 2.05) is 0 Å². The van der Waals surface area contributed by atoms with Crippen molar-refractivity contribution in [3.63, 3.8) is 0 Å². The van der Waals surface area contributed by atoms with Gasteiger partial charge >= 0.3 is 0 Å². The minimum atomic E-state index is 0.677. The van der Waals surface area contributed by atoms with Gasteiger partial charge < -0.3 is 9.47 Å². The third-order valence-corrected chi connectivity index (χ3v) is 3.88. The van der Waals surface area contributed by atoms with E-state index in [4.69, 9.17) is 9.47 Å². The zero-order valence-corrected chi connectivity index (χ0v) is 7.83. The first-order chi connectivity index (χ1) is 5.95. The Balaban J connectivity index is 2.34. The summed E-state index contributed by atoms with van der Waals surface area (Å²) in [5.74, 6) is 0.955. The SMILES string of the molecule is c1cc2sc3c(c2s1)OCCO3. The summed E-state index contributed by atoms with van der Waals surface area (Å²) >= 11 is 3.38. The smallest absolute Gasteiger partial charge is 0.219 e. The second-order valence-electron chi connectivity index (χ2n) is 2.53. The van der Waals surface area contributed by atoms with Crippen molar-refractivity contribution >= 4 is 32.1 Å². The second kappa shape index (κ2) is 2.37. The van der Waals surface area contributed by atoms with Gasteiger partial charge in [0.1, 0.15) is 13.2 Å². The molecule has 0 amide bonds. The second-order valence-corrected chi connectivity index (χ2v) is 4.46. The van der Waals surface area contributed by atoms with E-state index < -0.39 is 0 Å². The van der Waals surface area contributed by atoms with E-state index in [1.165, 1.54) is 9.40 Å². The summed E-state index contributed by atoms with van der Waals surface area (Å²) in [5.41, 5.74) is 0. The van der Waals surface area contributed by atoms with E-state index in [9.17, 15) is 0 Å². The van der Waals surface area contributed by atoms with Crippen LogP contribution in [0.2, 0.25) is 0 Å². The van der Waals surface area contributed by atoms with Gasteiger partial charge in [-0.05, 0) is 11.4 Å². The standard InChI is InChI=1S/C8H6O2S2/c1-4-11-7-5(1)12-8-6(7)9-2-3-10-8/h1,4H,2-3H2. The summed E-state index contributed by atoms with van der Waals surface area (Å²) in [6, 6.07) is 2.11. The molecule has 0 unspecified atom stereocenters. The maximum atomic E-state index is 5.53. The van der Waals surface area contributed by atoms with Crippen LogP contribution in [-0.2, 0) is 0 Å². The lowest BCUT2D eigenvalue weighted by molar-refractivity contribution is 0.180. The molecule has 62 valence electrons. The summed E-state index contributed by atoms with van der Waals surface area (Å²) in [6.45, 7) is 1.36. The number of hydrogen-bond donors (Lipinski definition) is 0. The Morgan fingerprint density at radius 2 is 2.17 bits per heavy atom. The molecule has 2 aromatic rings. The van der Waals surface area contributed by atoms with E-state index in [-0.39, 0.29) is 0 Å². The van der Waals surface area contributed by atoms with Crippen LogP contribution in [0.25, 0.3) is 9.40 Å². The Bertz CT molecular complexity index is 416. The van der Waals surface area contributed by atoms with Crippen molar-refractivity contribution in [3.8, 4) is 10.8 Å². The highest BCUT2D eigenvalue weighted by Gasteiger charge is 2.19. The zero-order valence-electron chi connectivity index (χ0n) is 6.20. The average molecular weight is 198 g/mol. The number of ether oxygens (including phenoxy) is 2. The van der Waals surface area contributed by atoms with Crippen LogP contribution >= 0.6 is 22.7 Å². The van der Waals surface area contributed by atoms with Crippen molar-refractivity contribution in [1.29, 1.82) is 0 Å². The van der Waals surface area contributed by atoms with Crippen LogP contribution in [0.5, 0.6) is 10.8 Å². The molecule has 4 heteroatoms. The molecule has 0 spiro atoms. The summed E-state index contributed by atoms with van der Waals surface area (Å²) in [5, 5.41) is 3.03. The van der Waals surface area contributed by atoms with Gasteiger partial charge in [-0.2, -0.15) is 0 Å². The van der Waals surface area contributed by atoms with Crippen LogP contribution in [0.3, 0.4) is 0 Å². The topological polar surface area (TPSA) is 18.5 Å². The molecule has 0 atom stereocenters. The Labute approximate surface area is 77.3 Å². The molecule has 0 aromatic carbocycles. The molecular formula is C8H6O2S2. The van der Waals surface area contributed by atoms with Crippen molar-refractivity contribution in [1.82, 2.24) is 0 Å². The van der Waals surface area contributed by atoms with E-state index in [2.05, 4.69) is 11.4 Å². The summed E-state index contributed by atoms with van der Waals surface area (Å²) in [4.78, 5) is 0. The van der Waals surface area contributed by atoms with Gasteiger partial charge in [-0.1, -0.05) is 11.3 Å². The van der Waals surface area contributed by atoms with Gasteiger partial charge in [-0.25, -0.2) is 0 Å². The number of rotatable bonds is 0. The fourth-order valence-electron chi connectivity index (χ4n) is 1.28. The maximum absolute atomic E-state index is 5.53. The molecule has 0 fully saturated rings. The Kier molecular flexibility index (Phi) is 1.33. The third-order valence-electron chi connectivity index (χ3n) is 1.79. The van der Waals surface area contributed by atoms with Crippen molar-refractivity contribution in [2.24, 2.45) is 0 Å². The van der Waals surface area contributed by atoms with Gasteiger partial charge in [0.15, 0.2) is 5.75 Å². The Morgan fingerprint density at radius 1 is 1.25 bits per heavy atom. The largest absolute Gasteiger partial charge is 0.484 e. The first-order valence-corrected chi connectivity index (χ1v) is 5.40. The molecule has 0 aliphatic carbocycles. The van der Waals surface area contributed by atoms with Crippen LogP contribution < -0.4 is 9.47 Å². The first kappa shape index (κ1) is 6.74. The number of thiophene rings is 2. The molecule has 1 aliphatic heterocycles. The molecule has 0 N–H and O–H groups in total. The summed E-state index contributed by atoms with van der Waals surface area (Å²) in [7, 11) is 0. The van der Waals surface area contributed by atoms with E-state index in [0.29, 0.717) is 13.2 Å². The van der Waals surface area contributed by atoms with Crippen molar-refractivity contribution in [2.75, 3.05) is 13.2 Å². The minimum Gasteiger partial charge on any atom is -0.484 e. The predicted molar refractivity (Wildman–Crippen MR) is 50.7 cm³/mol. The normalized spacial score (nSPS) is 15.3. The van der Waals surface area contributed by atoms with Gasteiger partial charge in [0.2, 0.25) is 5.06 Å². The molecule has 12 heavy (non-hydrogen) atoms. The molecule has 3 heterocycles. The van der Waals surface area contributed by atoms with Gasteiger partial charge in [-0.3, -0.25) is 0 Å². The Morgan fingerprint density at radius 3 is 3.17 bits per heavy atom. The van der Waals surface area contributed by atoms with Crippen LogP contribution in [0.15, 0.2) is 11.4 Å². The van der Waals surface area contributed by atoms with Crippen molar-refractivity contribution < 1.29 is 9.47 Å². The average Bonchev–Trinajstić information content (AvgIpc) is 2.62. The number of hydrogen-bond acceptors (Lipinski definition) is 4. The zero-order chi connectivity index (χ0) is 7.97. The van der Waals surface area contributed by atoms with Gasteiger partial charge in [0.25, 0.3) is 0 Å². The highest BCUT2D eigenvalue weighted by Crippen LogP contribution is 2.47. The maximum Gasteiger partial charge on any atom is 0.219 e. The first-order valence-electron chi connectivity index (χ1n) is 3.71. The third kappa shape index (κ3) is 0.791. The van der Waals surface area contributed by atoms with Crippen LogP contribution in [0.4, 0.5) is 0 Å². The highest BCUT2D eigenvalue weighted by atomic mass is 32.1. The lowest BCUT2D eigenvalue weighted by Gasteiger charge is -2.13. The van der Waals surface area contributed by atoms with E-state index >= 15 is 0 Å². The molecule has 2 nitrogen and oxygen atoms in total. The summed E-state index contributed by atoms with van der Waals surface area (Å²) < 4.78 is 13.5. The fraction of sp³-hybridized carbons (Fsp3) is 0.250. The van der Waals surface area contributed by atoms with Crippen molar-refractivity contribution in [3.05, 3.63) is 11.4 Å². The van der Waals surface area contributed by atoms with E-state index in [1.54, 1.807) is 22.7 Å². The van der Waals surface area contributed by atoms with Crippen LogP contribution in [0.1, 0.15) is 0 Å². The monoisotopic (exact) mass is 198 g/mol. The molecule has 0 saturated heterocycles. The van der Waals surface area contributed by atoms with Crippen LogP contribution in [0, 0.1) is 0 Å². The van der Waals surface area contributed by atoms with E-state index in [0.717, 1.165) is 10.8 Å². The highest BCUT2D eigenvalue weighted by molar-refractivity contribution is 7.28. The molecule has 2 aromatic heterocycles. The molecule has 1 aliphatic rings. The molecule has 3 rings (SSSR count). The van der Waals surface area contributed by atoms with Gasteiger partial charge in [0.05, 0.1) is 9.40 Å². The molecule has 0 radical (unpaired) electrons. The predicted octanol–water partition coefficient (Wildman–Crippen LogP) is 2.73. The minimum absolute atomic E-state index is 0.677. The molecule has 0 bridgehead atoms.